The van der Waals surface area contributed by atoms with Gasteiger partial charge in [-0.05, 0) is 48.1 Å². The molecule has 0 saturated heterocycles. The zero-order valence-electron chi connectivity index (χ0n) is 15.9. The van der Waals surface area contributed by atoms with Crippen LogP contribution in [-0.4, -0.2) is 48.3 Å². The van der Waals surface area contributed by atoms with E-state index in [4.69, 9.17) is 5.11 Å². The first-order valence-electron chi connectivity index (χ1n) is 9.73. The number of rotatable bonds is 3. The average molecular weight is 480 g/mol. The molecule has 0 unspecified atom stereocenters. The number of aromatic nitrogens is 3. The highest BCUT2D eigenvalue weighted by Gasteiger charge is 2.50. The summed E-state index contributed by atoms with van der Waals surface area (Å²) < 4.78 is 2.62. The van der Waals surface area contributed by atoms with Crippen molar-refractivity contribution in [3.63, 3.8) is 0 Å². The molecule has 0 radical (unpaired) electrons. The van der Waals surface area contributed by atoms with Gasteiger partial charge in [0, 0.05) is 34.1 Å². The number of allylic oxidation sites excluding steroid dienone is 3. The monoisotopic (exact) mass is 479 g/mol. The van der Waals surface area contributed by atoms with Crippen molar-refractivity contribution in [2.45, 2.75) is 25.2 Å². The van der Waals surface area contributed by atoms with Crippen LogP contribution in [0.25, 0.3) is 5.82 Å². The highest BCUT2D eigenvalue weighted by atomic mass is 79.9. The lowest BCUT2D eigenvalue weighted by Gasteiger charge is -2.05. The standard InChI is InChI=1S/C13H10BrN3O2.C8H4N2O2/c14-7-1-2-15-10(5-7)17-12-8-3-6(8)4-9(12)11(16-17)13(18)19;11-8(12)7-5-2-3-1-4(3)6(5)9-10-7/h1-2,5-6,8H,3-4H2,(H,18,19);2H,1H2,(H,11,12)/t6-,8-;/m1./s1. The first-order valence-corrected chi connectivity index (χ1v) is 10.5. The minimum absolute atomic E-state index is 0.0807. The molecule has 3 heterocycles. The number of fused-ring (bicyclic) bond motifs is 5. The predicted molar refractivity (Wildman–Crippen MR) is 113 cm³/mol. The predicted octanol–water partition coefficient (Wildman–Crippen LogP) is 2.91. The molecule has 0 spiro atoms. The number of hydrogen-bond acceptors (Lipinski definition) is 6. The van der Waals surface area contributed by atoms with Gasteiger partial charge in [-0.2, -0.15) is 5.10 Å². The third kappa shape index (κ3) is 2.82. The van der Waals surface area contributed by atoms with Gasteiger partial charge in [0.2, 0.25) is 0 Å². The van der Waals surface area contributed by atoms with Gasteiger partial charge < -0.3 is 10.2 Å². The Bertz CT molecular complexity index is 1350. The summed E-state index contributed by atoms with van der Waals surface area (Å²) >= 11 is 3.40. The van der Waals surface area contributed by atoms with E-state index in [1.54, 1.807) is 10.9 Å². The average Bonchev–Trinajstić information content (AvgIpc) is 3.43. The molecule has 0 aromatic carbocycles. The largest absolute Gasteiger partial charge is 0.476 e. The number of aromatic carboxylic acids is 1. The van der Waals surface area contributed by atoms with E-state index in [1.807, 2.05) is 18.2 Å². The van der Waals surface area contributed by atoms with Gasteiger partial charge in [-0.25, -0.2) is 19.3 Å². The van der Waals surface area contributed by atoms with Crippen molar-refractivity contribution in [1.82, 2.24) is 14.8 Å². The van der Waals surface area contributed by atoms with Crippen molar-refractivity contribution in [1.29, 1.82) is 0 Å². The molecule has 5 aliphatic rings. The Labute approximate surface area is 183 Å². The summed E-state index contributed by atoms with van der Waals surface area (Å²) in [5, 5.41) is 29.6. The van der Waals surface area contributed by atoms with E-state index >= 15 is 0 Å². The third-order valence-electron chi connectivity index (χ3n) is 6.09. The smallest absolute Gasteiger partial charge is 0.357 e. The van der Waals surface area contributed by atoms with Gasteiger partial charge in [-0.3, -0.25) is 0 Å². The van der Waals surface area contributed by atoms with Crippen LogP contribution in [0.1, 0.15) is 40.5 Å². The summed E-state index contributed by atoms with van der Waals surface area (Å²) in [5.41, 5.74) is 6.08. The molecule has 2 aromatic rings. The Hall–Kier alpha value is -3.40. The number of halogens is 1. The summed E-state index contributed by atoms with van der Waals surface area (Å²) in [6.07, 6.45) is 6.51. The Morgan fingerprint density at radius 3 is 2.77 bits per heavy atom. The molecular formula is C21H14BrN5O4. The molecule has 9 nitrogen and oxygen atoms in total. The van der Waals surface area contributed by atoms with Gasteiger partial charge >= 0.3 is 11.9 Å². The lowest BCUT2D eigenvalue weighted by atomic mass is 10.1. The molecule has 154 valence electrons. The van der Waals surface area contributed by atoms with Gasteiger partial charge in [0.15, 0.2) is 17.2 Å². The Balaban J connectivity index is 0.000000132. The number of hydrogen-bond donors (Lipinski definition) is 2. The zero-order valence-corrected chi connectivity index (χ0v) is 17.5. The quantitative estimate of drug-likeness (QED) is 0.695. The zero-order chi connectivity index (χ0) is 21.4. The minimum atomic E-state index is -0.998. The van der Waals surface area contributed by atoms with Crippen LogP contribution in [0, 0.1) is 5.92 Å². The second-order valence-electron chi connectivity index (χ2n) is 8.01. The SMILES string of the molecule is O=C(O)C1=NN=C2C1=CC1=C2C1.O=C(O)c1nn(-c2cc(Br)ccn2)c2c1C[C@H]1C[C@@H]21. The highest BCUT2D eigenvalue weighted by molar-refractivity contribution is 9.10. The molecule has 1 saturated carbocycles. The summed E-state index contributed by atoms with van der Waals surface area (Å²) in [7, 11) is 0. The number of nitrogens with zero attached hydrogens (tertiary/aromatic N) is 5. The molecular weight excluding hydrogens is 466 g/mol. The van der Waals surface area contributed by atoms with Crippen LogP contribution in [0.5, 0.6) is 0 Å². The van der Waals surface area contributed by atoms with Crippen LogP contribution in [-0.2, 0) is 11.2 Å². The second-order valence-corrected chi connectivity index (χ2v) is 8.92. The van der Waals surface area contributed by atoms with E-state index in [9.17, 15) is 14.7 Å². The van der Waals surface area contributed by atoms with Crippen molar-refractivity contribution in [2.24, 2.45) is 16.1 Å². The molecule has 1 fully saturated rings. The highest BCUT2D eigenvalue weighted by Crippen LogP contribution is 2.57. The summed E-state index contributed by atoms with van der Waals surface area (Å²) in [6.45, 7) is 0. The van der Waals surface area contributed by atoms with E-state index in [2.05, 4.69) is 36.2 Å². The lowest BCUT2D eigenvalue weighted by molar-refractivity contribution is -0.129. The maximum Gasteiger partial charge on any atom is 0.357 e. The van der Waals surface area contributed by atoms with Crippen LogP contribution < -0.4 is 0 Å². The topological polar surface area (TPSA) is 130 Å². The number of carboxylic acid groups (broad SMARTS) is 2. The van der Waals surface area contributed by atoms with Crippen LogP contribution in [0.3, 0.4) is 0 Å². The van der Waals surface area contributed by atoms with E-state index in [1.165, 1.54) is 11.1 Å². The molecule has 0 bridgehead atoms. The van der Waals surface area contributed by atoms with E-state index in [-0.39, 0.29) is 11.4 Å². The van der Waals surface area contributed by atoms with Crippen molar-refractivity contribution >= 4 is 39.3 Å². The molecule has 2 aromatic heterocycles. The van der Waals surface area contributed by atoms with Crippen molar-refractivity contribution in [3.05, 3.63) is 62.5 Å². The maximum absolute atomic E-state index is 11.3. The summed E-state index contributed by atoms with van der Waals surface area (Å²) in [4.78, 5) is 26.2. The third-order valence-corrected chi connectivity index (χ3v) is 6.58. The molecule has 10 heteroatoms. The molecule has 2 atom stereocenters. The van der Waals surface area contributed by atoms with Gasteiger partial charge in [-0.1, -0.05) is 15.9 Å². The van der Waals surface area contributed by atoms with Gasteiger partial charge in [0.05, 0.1) is 11.4 Å². The summed E-state index contributed by atoms with van der Waals surface area (Å²) in [6, 6.07) is 3.69. The molecule has 4 aliphatic carbocycles. The maximum atomic E-state index is 11.3. The van der Waals surface area contributed by atoms with Gasteiger partial charge in [0.1, 0.15) is 0 Å². The fraction of sp³-hybridized carbons (Fsp3) is 0.238. The number of carbonyl (C=O) groups is 2. The van der Waals surface area contributed by atoms with Crippen LogP contribution in [0.15, 0.2) is 55.8 Å². The fourth-order valence-corrected chi connectivity index (χ4v) is 4.83. The van der Waals surface area contributed by atoms with E-state index in [0.29, 0.717) is 23.2 Å². The Morgan fingerprint density at radius 2 is 2.03 bits per heavy atom. The van der Waals surface area contributed by atoms with Crippen LogP contribution >= 0.6 is 15.9 Å². The molecule has 31 heavy (non-hydrogen) atoms. The molecule has 1 aliphatic heterocycles. The number of carboxylic acids is 2. The lowest BCUT2D eigenvalue weighted by Crippen LogP contribution is -2.16. The van der Waals surface area contributed by atoms with Crippen LogP contribution in [0.4, 0.5) is 0 Å². The van der Waals surface area contributed by atoms with E-state index < -0.39 is 11.9 Å². The molecule has 7 rings (SSSR count). The second kappa shape index (κ2) is 6.30. The first kappa shape index (κ1) is 18.4. The first-order chi connectivity index (χ1) is 14.9. The van der Waals surface area contributed by atoms with E-state index in [0.717, 1.165) is 40.7 Å². The number of pyridine rings is 1. The normalized spacial score (nSPS) is 22.9. The molecule has 2 N–H and O–H groups in total. The Morgan fingerprint density at radius 1 is 1.19 bits per heavy atom. The van der Waals surface area contributed by atoms with Gasteiger partial charge in [0.25, 0.3) is 0 Å². The Kier molecular flexibility index (Phi) is 3.73. The summed E-state index contributed by atoms with van der Waals surface area (Å²) in [5.74, 6) is -0.194. The molecule has 0 amide bonds. The van der Waals surface area contributed by atoms with Gasteiger partial charge in [-0.15, -0.1) is 10.2 Å². The van der Waals surface area contributed by atoms with Crippen molar-refractivity contribution < 1.29 is 19.8 Å². The number of aliphatic carboxylic acids is 1. The van der Waals surface area contributed by atoms with Crippen molar-refractivity contribution in [3.8, 4) is 5.82 Å². The van der Waals surface area contributed by atoms with Crippen LogP contribution in [0.2, 0.25) is 0 Å². The fourth-order valence-electron chi connectivity index (χ4n) is 4.50. The minimum Gasteiger partial charge on any atom is -0.476 e. The van der Waals surface area contributed by atoms with Crippen molar-refractivity contribution in [2.75, 3.05) is 0 Å².